The summed E-state index contributed by atoms with van der Waals surface area (Å²) in [7, 11) is 0. The lowest BCUT2D eigenvalue weighted by molar-refractivity contribution is -0.122. The van der Waals surface area contributed by atoms with Gasteiger partial charge in [0.25, 0.3) is 0 Å². The number of ether oxygens (including phenoxy) is 1. The summed E-state index contributed by atoms with van der Waals surface area (Å²) in [5, 5.41) is 2.80. The minimum Gasteiger partial charge on any atom is -0.411 e. The van der Waals surface area contributed by atoms with E-state index < -0.39 is 12.1 Å². The Balaban J connectivity index is 1.77. The SMILES string of the molecule is NC(=O)Oc1ccc(CNC(=O)[C@@H](N)CC2CC2)cc1. The number of carbonyl (C=O) groups is 2. The molecule has 1 aliphatic rings. The minimum absolute atomic E-state index is 0.130. The summed E-state index contributed by atoms with van der Waals surface area (Å²) in [5.41, 5.74) is 11.6. The molecule has 2 amide bonds. The van der Waals surface area contributed by atoms with E-state index >= 15 is 0 Å². The van der Waals surface area contributed by atoms with Crippen LogP contribution in [0.5, 0.6) is 5.75 Å². The van der Waals surface area contributed by atoms with Crippen LogP contribution in [0.4, 0.5) is 4.79 Å². The van der Waals surface area contributed by atoms with Gasteiger partial charge >= 0.3 is 6.09 Å². The van der Waals surface area contributed by atoms with E-state index in [0.29, 0.717) is 18.2 Å². The summed E-state index contributed by atoms with van der Waals surface area (Å²) in [6.07, 6.45) is 2.28. The molecule has 2 rings (SSSR count). The topological polar surface area (TPSA) is 107 Å². The third kappa shape index (κ3) is 4.55. The van der Waals surface area contributed by atoms with Gasteiger partial charge in [0, 0.05) is 6.54 Å². The van der Waals surface area contributed by atoms with Crippen LogP contribution in [0, 0.1) is 5.92 Å². The van der Waals surface area contributed by atoms with Crippen LogP contribution >= 0.6 is 0 Å². The number of amides is 2. The summed E-state index contributed by atoms with van der Waals surface area (Å²) in [5.74, 6) is 0.869. The highest BCUT2D eigenvalue weighted by molar-refractivity contribution is 5.81. The van der Waals surface area contributed by atoms with Crippen molar-refractivity contribution in [3.63, 3.8) is 0 Å². The van der Waals surface area contributed by atoms with Crippen molar-refractivity contribution >= 4 is 12.0 Å². The zero-order valence-electron chi connectivity index (χ0n) is 11.2. The van der Waals surface area contributed by atoms with Gasteiger partial charge in [-0.25, -0.2) is 4.79 Å². The zero-order valence-corrected chi connectivity index (χ0v) is 11.2. The Kier molecular flexibility index (Phi) is 4.57. The second-order valence-corrected chi connectivity index (χ2v) is 5.07. The normalized spacial score (nSPS) is 15.4. The molecule has 0 unspecified atom stereocenters. The molecule has 5 N–H and O–H groups in total. The van der Waals surface area contributed by atoms with E-state index in [1.165, 1.54) is 12.8 Å². The molecule has 108 valence electrons. The Morgan fingerprint density at radius 1 is 1.30 bits per heavy atom. The van der Waals surface area contributed by atoms with Crippen LogP contribution in [0.3, 0.4) is 0 Å². The summed E-state index contributed by atoms with van der Waals surface area (Å²) < 4.78 is 4.72. The first-order valence-electron chi connectivity index (χ1n) is 6.64. The molecule has 1 aliphatic carbocycles. The van der Waals surface area contributed by atoms with E-state index in [4.69, 9.17) is 16.2 Å². The van der Waals surface area contributed by atoms with Crippen molar-refractivity contribution in [2.45, 2.75) is 31.8 Å². The van der Waals surface area contributed by atoms with E-state index in [1.807, 2.05) is 0 Å². The monoisotopic (exact) mass is 277 g/mol. The van der Waals surface area contributed by atoms with Crippen molar-refractivity contribution in [1.29, 1.82) is 0 Å². The molecule has 0 spiro atoms. The quantitative estimate of drug-likeness (QED) is 0.717. The van der Waals surface area contributed by atoms with Crippen molar-refractivity contribution in [1.82, 2.24) is 5.32 Å². The number of hydrogen-bond donors (Lipinski definition) is 3. The largest absolute Gasteiger partial charge is 0.411 e. The maximum Gasteiger partial charge on any atom is 0.409 e. The average Bonchev–Trinajstić information content (AvgIpc) is 3.20. The fourth-order valence-electron chi connectivity index (χ4n) is 1.93. The zero-order chi connectivity index (χ0) is 14.5. The van der Waals surface area contributed by atoms with Crippen molar-refractivity contribution in [3.05, 3.63) is 29.8 Å². The molecule has 0 saturated heterocycles. The molecule has 0 aromatic heterocycles. The number of rotatable bonds is 6. The van der Waals surface area contributed by atoms with Gasteiger partial charge in [0.1, 0.15) is 5.75 Å². The lowest BCUT2D eigenvalue weighted by Gasteiger charge is -2.11. The van der Waals surface area contributed by atoms with Gasteiger partial charge in [0.15, 0.2) is 0 Å². The number of carbonyl (C=O) groups excluding carboxylic acids is 2. The van der Waals surface area contributed by atoms with Gasteiger partial charge in [-0.05, 0) is 30.0 Å². The Morgan fingerprint density at radius 3 is 2.50 bits per heavy atom. The highest BCUT2D eigenvalue weighted by Crippen LogP contribution is 2.33. The van der Waals surface area contributed by atoms with Crippen molar-refractivity contribution in [2.24, 2.45) is 17.4 Å². The number of primary amides is 1. The first kappa shape index (κ1) is 14.3. The molecule has 6 nitrogen and oxygen atoms in total. The summed E-state index contributed by atoms with van der Waals surface area (Å²) in [4.78, 5) is 22.3. The maximum atomic E-state index is 11.8. The van der Waals surface area contributed by atoms with E-state index in [2.05, 4.69) is 5.32 Å². The van der Waals surface area contributed by atoms with Crippen LogP contribution < -0.4 is 21.5 Å². The van der Waals surface area contributed by atoms with E-state index in [1.54, 1.807) is 24.3 Å². The molecule has 1 aromatic rings. The Bertz CT molecular complexity index is 483. The summed E-state index contributed by atoms with van der Waals surface area (Å²) in [6.45, 7) is 0.397. The first-order chi connectivity index (χ1) is 9.54. The smallest absolute Gasteiger partial charge is 0.409 e. The van der Waals surface area contributed by atoms with Gasteiger partial charge in [-0.1, -0.05) is 25.0 Å². The minimum atomic E-state index is -0.850. The summed E-state index contributed by atoms with van der Waals surface area (Å²) in [6, 6.07) is 6.32. The van der Waals surface area contributed by atoms with Crippen LogP contribution in [0.1, 0.15) is 24.8 Å². The fourth-order valence-corrected chi connectivity index (χ4v) is 1.93. The number of nitrogens with two attached hydrogens (primary N) is 2. The molecule has 1 saturated carbocycles. The predicted molar refractivity (Wildman–Crippen MR) is 73.8 cm³/mol. The van der Waals surface area contributed by atoms with Crippen molar-refractivity contribution in [2.75, 3.05) is 0 Å². The second kappa shape index (κ2) is 6.38. The van der Waals surface area contributed by atoms with E-state index in [9.17, 15) is 9.59 Å². The molecule has 1 aromatic carbocycles. The molecule has 1 fully saturated rings. The fraction of sp³-hybridized carbons (Fsp3) is 0.429. The second-order valence-electron chi connectivity index (χ2n) is 5.07. The van der Waals surface area contributed by atoms with Crippen LogP contribution in [0.25, 0.3) is 0 Å². The average molecular weight is 277 g/mol. The molecule has 0 aliphatic heterocycles. The third-order valence-corrected chi connectivity index (χ3v) is 3.23. The third-order valence-electron chi connectivity index (χ3n) is 3.23. The Labute approximate surface area is 117 Å². The molecular formula is C14H19N3O3. The lowest BCUT2D eigenvalue weighted by Crippen LogP contribution is -2.40. The molecule has 0 radical (unpaired) electrons. The molecular weight excluding hydrogens is 258 g/mol. The predicted octanol–water partition coefficient (Wildman–Crippen LogP) is 0.888. The van der Waals surface area contributed by atoms with Crippen LogP contribution in [0.2, 0.25) is 0 Å². The van der Waals surface area contributed by atoms with Gasteiger partial charge in [-0.2, -0.15) is 0 Å². The standard InChI is InChI=1S/C14H19N3O3/c15-12(7-9-1-2-9)13(18)17-8-10-3-5-11(6-4-10)20-14(16)19/h3-6,9,12H,1-2,7-8,15H2,(H2,16,19)(H,17,18)/t12-/m0/s1. The highest BCUT2D eigenvalue weighted by Gasteiger charge is 2.26. The van der Waals surface area contributed by atoms with Gasteiger partial charge in [0.05, 0.1) is 6.04 Å². The van der Waals surface area contributed by atoms with Crippen LogP contribution in [0.15, 0.2) is 24.3 Å². The van der Waals surface area contributed by atoms with Crippen molar-refractivity contribution < 1.29 is 14.3 Å². The van der Waals surface area contributed by atoms with E-state index in [0.717, 1.165) is 12.0 Å². The number of nitrogens with one attached hydrogen (secondary N) is 1. The molecule has 6 heteroatoms. The Morgan fingerprint density at radius 2 is 1.95 bits per heavy atom. The van der Waals surface area contributed by atoms with Crippen LogP contribution in [-0.2, 0) is 11.3 Å². The number of hydrogen-bond acceptors (Lipinski definition) is 4. The number of benzene rings is 1. The lowest BCUT2D eigenvalue weighted by atomic mass is 10.1. The summed E-state index contributed by atoms with van der Waals surface area (Å²) >= 11 is 0. The molecule has 20 heavy (non-hydrogen) atoms. The van der Waals surface area contributed by atoms with Gasteiger partial charge in [-0.15, -0.1) is 0 Å². The van der Waals surface area contributed by atoms with Gasteiger partial charge in [-0.3, -0.25) is 4.79 Å². The maximum absolute atomic E-state index is 11.8. The van der Waals surface area contributed by atoms with Gasteiger partial charge < -0.3 is 21.5 Å². The van der Waals surface area contributed by atoms with Crippen molar-refractivity contribution in [3.8, 4) is 5.75 Å². The molecule has 1 atom stereocenters. The van der Waals surface area contributed by atoms with E-state index in [-0.39, 0.29) is 5.91 Å². The highest BCUT2D eigenvalue weighted by atomic mass is 16.5. The van der Waals surface area contributed by atoms with Gasteiger partial charge in [0.2, 0.25) is 5.91 Å². The molecule has 0 bridgehead atoms. The first-order valence-corrected chi connectivity index (χ1v) is 6.64. The Hall–Kier alpha value is -2.08. The van der Waals surface area contributed by atoms with Crippen LogP contribution in [-0.4, -0.2) is 18.0 Å². The molecule has 0 heterocycles.